The van der Waals surface area contributed by atoms with Crippen molar-refractivity contribution in [1.82, 2.24) is 10.2 Å². The van der Waals surface area contributed by atoms with Gasteiger partial charge in [0.25, 0.3) is 5.91 Å². The van der Waals surface area contributed by atoms with Gasteiger partial charge >= 0.3 is 12.0 Å². The molecule has 26 heavy (non-hydrogen) atoms. The number of rotatable bonds is 5. The zero-order chi connectivity index (χ0) is 18.9. The lowest BCUT2D eigenvalue weighted by Crippen LogP contribution is -2.54. The minimum atomic E-state index is -0.903. The summed E-state index contributed by atoms with van der Waals surface area (Å²) in [6.45, 7) is 2.95. The third kappa shape index (κ3) is 3.38. The predicted octanol–water partition coefficient (Wildman–Crippen LogP) is 2.28. The minimum absolute atomic E-state index is 0.0253. The van der Waals surface area contributed by atoms with Gasteiger partial charge in [-0.05, 0) is 37.8 Å². The van der Waals surface area contributed by atoms with Crippen LogP contribution in [0.25, 0.3) is 0 Å². The molecule has 140 valence electrons. The number of nitrogens with one attached hydrogen (secondary N) is 1. The summed E-state index contributed by atoms with van der Waals surface area (Å²) in [6.07, 6.45) is 3.33. The second-order valence-corrected chi connectivity index (χ2v) is 8.22. The van der Waals surface area contributed by atoms with Gasteiger partial charge in [-0.3, -0.25) is 19.3 Å². The fourth-order valence-corrected chi connectivity index (χ4v) is 4.41. The van der Waals surface area contributed by atoms with Gasteiger partial charge in [-0.25, -0.2) is 4.79 Å². The first-order valence-corrected chi connectivity index (χ1v) is 9.54. The van der Waals surface area contributed by atoms with E-state index in [-0.39, 0.29) is 17.6 Å². The maximum absolute atomic E-state index is 12.8. The Morgan fingerprint density at radius 1 is 1.35 bits per heavy atom. The number of esters is 1. The molecule has 2 fully saturated rings. The molecule has 1 spiro atoms. The first-order chi connectivity index (χ1) is 12.3. The molecule has 7 nitrogen and oxygen atoms in total. The Hall–Kier alpha value is -2.22. The van der Waals surface area contributed by atoms with E-state index in [2.05, 4.69) is 5.32 Å². The Balaban J connectivity index is 1.58. The molecule has 1 saturated carbocycles. The summed E-state index contributed by atoms with van der Waals surface area (Å²) < 4.78 is 4.97. The normalized spacial score (nSPS) is 25.5. The second kappa shape index (κ2) is 7.19. The molecule has 1 aromatic heterocycles. The number of amides is 3. The van der Waals surface area contributed by atoms with Crippen LogP contribution >= 0.6 is 11.3 Å². The standard InChI is InChI=1S/C18H22N2O5S/c1-11-5-3-4-8-18(11)16(23)20(17(24)19-18)9-15(22)25-10-13(21)14-7-6-12(2)26-14/h6-7,11H,3-5,8-10H2,1-2H3,(H,19,24)/t11-,18+/m0/s1. The fourth-order valence-electron chi connectivity index (χ4n) is 3.62. The maximum atomic E-state index is 12.8. The van der Waals surface area contributed by atoms with Crippen molar-refractivity contribution in [1.29, 1.82) is 0 Å². The molecule has 0 unspecified atom stereocenters. The minimum Gasteiger partial charge on any atom is -0.456 e. The van der Waals surface area contributed by atoms with Crippen molar-refractivity contribution in [3.63, 3.8) is 0 Å². The van der Waals surface area contributed by atoms with E-state index in [0.29, 0.717) is 11.3 Å². The number of hydrogen-bond acceptors (Lipinski definition) is 6. The Bertz CT molecular complexity index is 759. The lowest BCUT2D eigenvalue weighted by atomic mass is 9.73. The third-order valence-electron chi connectivity index (χ3n) is 5.17. The van der Waals surface area contributed by atoms with Crippen molar-refractivity contribution >= 4 is 35.0 Å². The highest BCUT2D eigenvalue weighted by molar-refractivity contribution is 7.14. The average molecular weight is 378 g/mol. The highest BCUT2D eigenvalue weighted by Crippen LogP contribution is 2.38. The quantitative estimate of drug-likeness (QED) is 0.482. The van der Waals surface area contributed by atoms with E-state index in [0.717, 1.165) is 29.0 Å². The number of ether oxygens (including phenoxy) is 1. The van der Waals surface area contributed by atoms with Crippen LogP contribution < -0.4 is 5.32 Å². The molecule has 0 aromatic carbocycles. The molecule has 3 amide bonds. The Labute approximate surface area is 155 Å². The lowest BCUT2D eigenvalue weighted by Gasteiger charge is -2.36. The van der Waals surface area contributed by atoms with Gasteiger partial charge in [0, 0.05) is 4.88 Å². The topological polar surface area (TPSA) is 92.8 Å². The number of Topliss-reactive ketones (excluding diaryl/α,β-unsaturated/α-hetero) is 1. The summed E-state index contributed by atoms with van der Waals surface area (Å²) in [5, 5.41) is 2.78. The molecule has 0 bridgehead atoms. The summed E-state index contributed by atoms with van der Waals surface area (Å²) in [6, 6.07) is 2.93. The van der Waals surface area contributed by atoms with Gasteiger partial charge in [-0.15, -0.1) is 11.3 Å². The molecule has 8 heteroatoms. The number of thiophene rings is 1. The van der Waals surface area contributed by atoms with Gasteiger partial charge in [0.2, 0.25) is 5.78 Å². The van der Waals surface area contributed by atoms with Crippen LogP contribution in [0.3, 0.4) is 0 Å². The third-order valence-corrected chi connectivity index (χ3v) is 6.21. The molecule has 1 saturated heterocycles. The van der Waals surface area contributed by atoms with E-state index >= 15 is 0 Å². The van der Waals surface area contributed by atoms with E-state index in [9.17, 15) is 19.2 Å². The summed E-state index contributed by atoms with van der Waals surface area (Å²) in [4.78, 5) is 51.4. The van der Waals surface area contributed by atoms with Gasteiger partial charge < -0.3 is 10.1 Å². The van der Waals surface area contributed by atoms with Gasteiger partial charge in [0.15, 0.2) is 6.61 Å². The van der Waals surface area contributed by atoms with E-state index < -0.39 is 30.7 Å². The number of carbonyl (C=O) groups excluding carboxylic acids is 4. The smallest absolute Gasteiger partial charge is 0.326 e. The van der Waals surface area contributed by atoms with Crippen LogP contribution in [0.4, 0.5) is 4.79 Å². The zero-order valence-electron chi connectivity index (χ0n) is 14.9. The van der Waals surface area contributed by atoms with E-state index in [1.54, 1.807) is 6.07 Å². The number of nitrogens with zero attached hydrogens (tertiary/aromatic N) is 1. The number of aryl methyl sites for hydroxylation is 1. The Morgan fingerprint density at radius 3 is 2.77 bits per heavy atom. The highest BCUT2D eigenvalue weighted by atomic mass is 32.1. The molecule has 2 heterocycles. The highest BCUT2D eigenvalue weighted by Gasteiger charge is 2.55. The average Bonchev–Trinajstić information content (AvgIpc) is 3.13. The summed E-state index contributed by atoms with van der Waals surface area (Å²) in [7, 11) is 0. The van der Waals surface area contributed by atoms with Crippen LogP contribution in [0.2, 0.25) is 0 Å². The van der Waals surface area contributed by atoms with E-state index in [1.807, 2.05) is 19.9 Å². The van der Waals surface area contributed by atoms with Crippen molar-refractivity contribution in [2.45, 2.75) is 45.1 Å². The number of imide groups is 1. The monoisotopic (exact) mass is 378 g/mol. The van der Waals surface area contributed by atoms with Crippen molar-refractivity contribution < 1.29 is 23.9 Å². The first kappa shape index (κ1) is 18.6. The molecule has 3 rings (SSSR count). The predicted molar refractivity (Wildman–Crippen MR) is 95.0 cm³/mol. The number of ketones is 1. The second-order valence-electron chi connectivity index (χ2n) is 6.93. The van der Waals surface area contributed by atoms with Crippen LogP contribution in [0.15, 0.2) is 12.1 Å². The Kier molecular flexibility index (Phi) is 5.13. The van der Waals surface area contributed by atoms with Crippen LogP contribution in [0, 0.1) is 12.8 Å². The van der Waals surface area contributed by atoms with Gasteiger partial charge in [0.1, 0.15) is 12.1 Å². The van der Waals surface area contributed by atoms with Crippen molar-refractivity contribution in [2.75, 3.05) is 13.2 Å². The molecular weight excluding hydrogens is 356 g/mol. The number of urea groups is 1. The summed E-state index contributed by atoms with van der Waals surface area (Å²) in [5.74, 6) is -1.41. The lowest BCUT2D eigenvalue weighted by molar-refractivity contribution is -0.147. The zero-order valence-corrected chi connectivity index (χ0v) is 15.7. The Morgan fingerprint density at radius 2 is 2.12 bits per heavy atom. The summed E-state index contributed by atoms with van der Waals surface area (Å²) >= 11 is 1.33. The molecule has 0 radical (unpaired) electrons. The molecule has 1 aromatic rings. The molecule has 1 aliphatic heterocycles. The van der Waals surface area contributed by atoms with Crippen molar-refractivity contribution in [3.8, 4) is 0 Å². The summed E-state index contributed by atoms with van der Waals surface area (Å²) in [5.41, 5.74) is -0.903. The van der Waals surface area contributed by atoms with Crippen molar-refractivity contribution in [2.24, 2.45) is 5.92 Å². The van der Waals surface area contributed by atoms with Crippen molar-refractivity contribution in [3.05, 3.63) is 21.9 Å². The largest absolute Gasteiger partial charge is 0.456 e. The van der Waals surface area contributed by atoms with Crippen LogP contribution in [-0.2, 0) is 14.3 Å². The molecular formula is C18H22N2O5S. The van der Waals surface area contributed by atoms with Crippen LogP contribution in [-0.4, -0.2) is 47.3 Å². The van der Waals surface area contributed by atoms with Crippen LogP contribution in [0.1, 0.15) is 47.2 Å². The first-order valence-electron chi connectivity index (χ1n) is 8.73. The van der Waals surface area contributed by atoms with Gasteiger partial charge in [0.05, 0.1) is 4.88 Å². The molecule has 2 atom stereocenters. The van der Waals surface area contributed by atoms with E-state index in [4.69, 9.17) is 4.74 Å². The number of carbonyl (C=O) groups is 4. The van der Waals surface area contributed by atoms with E-state index in [1.165, 1.54) is 11.3 Å². The van der Waals surface area contributed by atoms with Gasteiger partial charge in [-0.1, -0.05) is 19.8 Å². The maximum Gasteiger partial charge on any atom is 0.326 e. The number of hydrogen-bond donors (Lipinski definition) is 1. The molecule has 1 aliphatic carbocycles. The SMILES string of the molecule is Cc1ccc(C(=O)COC(=O)CN2C(=O)N[C@@]3(CCCC[C@@H]3C)C2=O)s1. The fraction of sp³-hybridized carbons (Fsp3) is 0.556. The van der Waals surface area contributed by atoms with Gasteiger partial charge in [-0.2, -0.15) is 0 Å². The van der Waals surface area contributed by atoms with Crippen LogP contribution in [0.5, 0.6) is 0 Å². The molecule has 2 aliphatic rings. The molecule has 1 N–H and O–H groups in total.